The van der Waals surface area contributed by atoms with Gasteiger partial charge in [0.2, 0.25) is 5.95 Å². The molecule has 178 valence electrons. The first kappa shape index (κ1) is 23.0. The van der Waals surface area contributed by atoms with Gasteiger partial charge in [-0.05, 0) is 83.1 Å². The third-order valence-corrected chi connectivity index (χ3v) is 7.37. The lowest BCUT2D eigenvalue weighted by molar-refractivity contribution is -0.137. The van der Waals surface area contributed by atoms with Gasteiger partial charge < -0.3 is 0 Å². The highest BCUT2D eigenvalue weighted by atomic mass is 32.2. The highest BCUT2D eigenvalue weighted by Crippen LogP contribution is 2.44. The number of hydrogen-bond acceptors (Lipinski definition) is 5. The second-order valence-electron chi connectivity index (χ2n) is 8.17. The topological polar surface area (TPSA) is 84.8 Å². The van der Waals surface area contributed by atoms with Crippen LogP contribution >= 0.6 is 0 Å². The van der Waals surface area contributed by atoms with E-state index in [0.717, 1.165) is 22.8 Å². The lowest BCUT2D eigenvalue weighted by Gasteiger charge is -2.19. The smallest absolute Gasteiger partial charge is 0.265 e. The van der Waals surface area contributed by atoms with Crippen LogP contribution in [0.25, 0.3) is 11.1 Å². The van der Waals surface area contributed by atoms with Crippen molar-refractivity contribution in [3.8, 4) is 11.1 Å². The maximum atomic E-state index is 13.5. The van der Waals surface area contributed by atoms with Crippen LogP contribution in [-0.2, 0) is 22.6 Å². The second-order valence-corrected chi connectivity index (χ2v) is 9.85. The zero-order valence-electron chi connectivity index (χ0n) is 18.2. The minimum absolute atomic E-state index is 0.0300. The average molecular weight is 497 g/mol. The van der Waals surface area contributed by atoms with E-state index in [1.165, 1.54) is 30.6 Å². The summed E-state index contributed by atoms with van der Waals surface area (Å²) in [6.07, 6.45) is 2.74. The van der Waals surface area contributed by atoms with Gasteiger partial charge in [-0.25, -0.2) is 23.1 Å². The van der Waals surface area contributed by atoms with Crippen molar-refractivity contribution in [1.29, 1.82) is 0 Å². The fourth-order valence-electron chi connectivity index (χ4n) is 4.43. The number of anilines is 1. The molecular formula is C25H19F3N4O2S. The Morgan fingerprint density at radius 3 is 2.31 bits per heavy atom. The quantitative estimate of drug-likeness (QED) is 0.398. The van der Waals surface area contributed by atoms with Crippen molar-refractivity contribution in [3.63, 3.8) is 0 Å². The Hall–Kier alpha value is -3.79. The molecule has 1 N–H and O–H groups in total. The molecule has 2 aromatic carbocycles. The van der Waals surface area contributed by atoms with Gasteiger partial charge in [0.25, 0.3) is 10.0 Å². The van der Waals surface area contributed by atoms with Crippen LogP contribution in [0.1, 0.15) is 34.6 Å². The standard InChI is InChI=1S/C25H19F3N4O2S/c26-25(27,28)18-3-6-22(23(15-18)16-8-12-29-13-9-16)21-5-2-17-14-19(4-7-20(17)21)35(33,34)32-24-30-10-1-11-31-24/h1,3-4,6-15,21H,2,5H2,(H,30,31,32)/t21-/m0/s1. The normalized spacial score (nSPS) is 15.6. The summed E-state index contributed by atoms with van der Waals surface area (Å²) in [6.45, 7) is 0. The van der Waals surface area contributed by atoms with Crippen LogP contribution in [0.2, 0.25) is 0 Å². The molecule has 2 heterocycles. The Kier molecular flexibility index (Phi) is 5.76. The molecule has 0 amide bonds. The number of pyridine rings is 1. The highest BCUT2D eigenvalue weighted by Gasteiger charge is 2.33. The van der Waals surface area contributed by atoms with Crippen LogP contribution in [-0.4, -0.2) is 23.4 Å². The third kappa shape index (κ3) is 4.61. The van der Waals surface area contributed by atoms with Gasteiger partial charge >= 0.3 is 6.18 Å². The molecule has 0 saturated heterocycles. The summed E-state index contributed by atoms with van der Waals surface area (Å²) in [7, 11) is -3.90. The Balaban J connectivity index is 1.53. The van der Waals surface area contributed by atoms with Crippen molar-refractivity contribution < 1.29 is 21.6 Å². The fraction of sp³-hybridized carbons (Fsp3) is 0.160. The number of rotatable bonds is 5. The Labute approximate surface area is 200 Å². The minimum Gasteiger partial charge on any atom is -0.265 e. The zero-order valence-corrected chi connectivity index (χ0v) is 19.0. The predicted octanol–water partition coefficient (Wildman–Crippen LogP) is 5.44. The number of benzene rings is 2. The summed E-state index contributed by atoms with van der Waals surface area (Å²) < 4.78 is 68.4. The summed E-state index contributed by atoms with van der Waals surface area (Å²) in [5.74, 6) is -0.199. The lowest BCUT2D eigenvalue weighted by Crippen LogP contribution is -2.15. The van der Waals surface area contributed by atoms with E-state index < -0.39 is 21.8 Å². The minimum atomic E-state index is -4.47. The number of halogens is 3. The summed E-state index contributed by atoms with van der Waals surface area (Å²) in [4.78, 5) is 11.8. The monoisotopic (exact) mass is 496 g/mol. The molecule has 10 heteroatoms. The average Bonchev–Trinajstić information content (AvgIpc) is 3.27. The predicted molar refractivity (Wildman–Crippen MR) is 124 cm³/mol. The van der Waals surface area contributed by atoms with Crippen LogP contribution in [0.15, 0.2) is 84.3 Å². The van der Waals surface area contributed by atoms with E-state index in [2.05, 4.69) is 19.7 Å². The summed E-state index contributed by atoms with van der Waals surface area (Å²) in [5.41, 5.74) is 2.90. The van der Waals surface area contributed by atoms with Gasteiger partial charge in [0.05, 0.1) is 10.5 Å². The number of alkyl halides is 3. The van der Waals surface area contributed by atoms with Crippen LogP contribution < -0.4 is 4.72 Å². The number of aromatic nitrogens is 3. The fourth-order valence-corrected chi connectivity index (χ4v) is 5.44. The van der Waals surface area contributed by atoms with E-state index in [0.29, 0.717) is 24.0 Å². The summed E-state index contributed by atoms with van der Waals surface area (Å²) in [6, 6.07) is 13.6. The number of aryl methyl sites for hydroxylation is 1. The molecule has 0 spiro atoms. The van der Waals surface area contributed by atoms with Crippen LogP contribution in [0.3, 0.4) is 0 Å². The van der Waals surface area contributed by atoms with Crippen molar-refractivity contribution in [2.75, 3.05) is 4.72 Å². The second kappa shape index (κ2) is 8.77. The maximum absolute atomic E-state index is 13.5. The molecule has 0 unspecified atom stereocenters. The molecule has 35 heavy (non-hydrogen) atoms. The molecule has 0 saturated carbocycles. The number of sulfonamides is 1. The maximum Gasteiger partial charge on any atom is 0.416 e. The zero-order chi connectivity index (χ0) is 24.6. The van der Waals surface area contributed by atoms with Crippen LogP contribution in [0.5, 0.6) is 0 Å². The number of fused-ring (bicyclic) bond motifs is 1. The molecule has 6 nitrogen and oxygen atoms in total. The van der Waals surface area contributed by atoms with E-state index in [9.17, 15) is 21.6 Å². The van der Waals surface area contributed by atoms with Crippen LogP contribution in [0.4, 0.5) is 19.1 Å². The van der Waals surface area contributed by atoms with E-state index in [4.69, 9.17) is 0 Å². The molecule has 1 aliphatic carbocycles. The van der Waals surface area contributed by atoms with E-state index in [1.54, 1.807) is 42.7 Å². The van der Waals surface area contributed by atoms with Gasteiger partial charge in [-0.3, -0.25) is 4.98 Å². The molecule has 0 bridgehead atoms. The number of nitrogens with one attached hydrogen (secondary N) is 1. The van der Waals surface area contributed by atoms with Gasteiger partial charge in [0.15, 0.2) is 0 Å². The van der Waals surface area contributed by atoms with Crippen molar-refractivity contribution in [3.05, 3.63) is 102 Å². The number of hydrogen-bond donors (Lipinski definition) is 1. The number of nitrogens with zero attached hydrogens (tertiary/aromatic N) is 3. The molecule has 0 radical (unpaired) electrons. The van der Waals surface area contributed by atoms with Crippen molar-refractivity contribution in [1.82, 2.24) is 15.0 Å². The van der Waals surface area contributed by atoms with Crippen molar-refractivity contribution in [2.24, 2.45) is 0 Å². The van der Waals surface area contributed by atoms with Gasteiger partial charge in [0.1, 0.15) is 0 Å². The molecular weight excluding hydrogens is 477 g/mol. The highest BCUT2D eigenvalue weighted by molar-refractivity contribution is 7.92. The molecule has 1 atom stereocenters. The van der Waals surface area contributed by atoms with E-state index in [-0.39, 0.29) is 16.8 Å². The molecule has 2 aromatic heterocycles. The van der Waals surface area contributed by atoms with E-state index >= 15 is 0 Å². The first-order valence-electron chi connectivity index (χ1n) is 10.8. The van der Waals surface area contributed by atoms with Gasteiger partial charge in [0, 0.05) is 30.7 Å². The largest absolute Gasteiger partial charge is 0.416 e. The Morgan fingerprint density at radius 2 is 1.60 bits per heavy atom. The Bertz CT molecular complexity index is 1480. The van der Waals surface area contributed by atoms with Crippen LogP contribution in [0, 0.1) is 0 Å². The molecule has 0 aliphatic heterocycles. The first-order valence-corrected chi connectivity index (χ1v) is 12.2. The first-order chi connectivity index (χ1) is 16.7. The Morgan fingerprint density at radius 1 is 0.886 bits per heavy atom. The third-order valence-electron chi connectivity index (χ3n) is 6.04. The molecule has 1 aliphatic rings. The van der Waals surface area contributed by atoms with Crippen molar-refractivity contribution in [2.45, 2.75) is 29.8 Å². The van der Waals surface area contributed by atoms with E-state index in [1.807, 2.05) is 0 Å². The summed E-state index contributed by atoms with van der Waals surface area (Å²) >= 11 is 0. The van der Waals surface area contributed by atoms with Gasteiger partial charge in [-0.1, -0.05) is 12.1 Å². The molecule has 0 fully saturated rings. The van der Waals surface area contributed by atoms with Gasteiger partial charge in [-0.2, -0.15) is 13.2 Å². The van der Waals surface area contributed by atoms with Gasteiger partial charge in [-0.15, -0.1) is 0 Å². The SMILES string of the molecule is O=S(=O)(Nc1ncccn1)c1ccc2c(c1)CC[C@@H]2c1ccc(C(F)(F)F)cc1-c1ccncc1. The summed E-state index contributed by atoms with van der Waals surface area (Å²) in [5, 5.41) is 0. The molecule has 5 rings (SSSR count). The lowest BCUT2D eigenvalue weighted by atomic mass is 9.86. The van der Waals surface area contributed by atoms with Crippen molar-refractivity contribution >= 4 is 16.0 Å². The molecule has 4 aromatic rings.